The van der Waals surface area contributed by atoms with Crippen LogP contribution in [0, 0.1) is 6.92 Å². The minimum absolute atomic E-state index is 0.171. The van der Waals surface area contributed by atoms with Crippen LogP contribution in [0.15, 0.2) is 66.3 Å². The van der Waals surface area contributed by atoms with Crippen molar-refractivity contribution in [3.63, 3.8) is 0 Å². The highest BCUT2D eigenvalue weighted by atomic mass is 16.5. The van der Waals surface area contributed by atoms with Gasteiger partial charge in [0.1, 0.15) is 5.75 Å². The Morgan fingerprint density at radius 2 is 2.00 bits per heavy atom. The number of aliphatic imine (C=N–C) groups is 1. The molecule has 2 aromatic rings. The van der Waals surface area contributed by atoms with Crippen molar-refractivity contribution < 1.29 is 9.53 Å². The monoisotopic (exact) mass is 333 g/mol. The van der Waals surface area contributed by atoms with Gasteiger partial charge in [0.2, 0.25) is 0 Å². The fraction of sp³-hybridized carbons (Fsp3) is 0.150. The van der Waals surface area contributed by atoms with Gasteiger partial charge in [-0.05, 0) is 55.3 Å². The Hall–Kier alpha value is -3.21. The molecule has 0 fully saturated rings. The number of aromatic nitrogens is 1. The van der Waals surface area contributed by atoms with E-state index in [2.05, 4.69) is 27.9 Å². The summed E-state index contributed by atoms with van der Waals surface area (Å²) >= 11 is 0. The first-order chi connectivity index (χ1) is 12.0. The van der Waals surface area contributed by atoms with E-state index in [1.54, 1.807) is 18.5 Å². The van der Waals surface area contributed by atoms with Gasteiger partial charge in [0, 0.05) is 24.2 Å². The molecule has 126 valence electrons. The first kappa shape index (κ1) is 16.6. The maximum atomic E-state index is 12.2. The summed E-state index contributed by atoms with van der Waals surface area (Å²) in [5.41, 5.74) is 3.50. The third kappa shape index (κ3) is 4.01. The van der Waals surface area contributed by atoms with Gasteiger partial charge in [-0.1, -0.05) is 18.2 Å². The third-order valence-corrected chi connectivity index (χ3v) is 3.82. The Morgan fingerprint density at radius 3 is 2.64 bits per heavy atom. The fourth-order valence-electron chi connectivity index (χ4n) is 2.52. The number of nitrogens with zero attached hydrogens (tertiary/aromatic N) is 2. The third-order valence-electron chi connectivity index (χ3n) is 3.82. The van der Waals surface area contributed by atoms with E-state index >= 15 is 0 Å². The second kappa shape index (κ2) is 7.13. The van der Waals surface area contributed by atoms with E-state index in [0.29, 0.717) is 11.3 Å². The molecule has 1 atom stereocenters. The van der Waals surface area contributed by atoms with Crippen LogP contribution in [-0.2, 0) is 0 Å². The van der Waals surface area contributed by atoms with Crippen molar-refractivity contribution in [3.05, 3.63) is 78.0 Å². The van der Waals surface area contributed by atoms with Crippen molar-refractivity contribution in [2.45, 2.75) is 19.9 Å². The molecule has 1 aromatic heterocycles. The van der Waals surface area contributed by atoms with Crippen molar-refractivity contribution in [1.82, 2.24) is 10.3 Å². The lowest BCUT2D eigenvalue weighted by Gasteiger charge is -2.11. The molecule has 1 aromatic carbocycles. The van der Waals surface area contributed by atoms with Crippen LogP contribution in [0.5, 0.6) is 5.75 Å². The SMILES string of the molecule is C=C(NC(=O)c1ccncc1C)Oc1ccc(C2=CC(C)N=C2)cc1. The molecule has 25 heavy (non-hydrogen) atoms. The Bertz CT molecular complexity index is 867. The van der Waals surface area contributed by atoms with Crippen molar-refractivity contribution in [2.24, 2.45) is 4.99 Å². The first-order valence-corrected chi connectivity index (χ1v) is 7.97. The summed E-state index contributed by atoms with van der Waals surface area (Å²) in [6.07, 6.45) is 7.19. The maximum absolute atomic E-state index is 12.2. The van der Waals surface area contributed by atoms with Crippen molar-refractivity contribution >= 4 is 17.7 Å². The molecule has 0 saturated heterocycles. The molecular weight excluding hydrogens is 314 g/mol. The lowest BCUT2D eigenvalue weighted by Crippen LogP contribution is -2.25. The summed E-state index contributed by atoms with van der Waals surface area (Å²) in [5, 5.41) is 2.65. The highest BCUT2D eigenvalue weighted by Crippen LogP contribution is 2.22. The number of allylic oxidation sites excluding steroid dienone is 1. The predicted octanol–water partition coefficient (Wildman–Crippen LogP) is 3.53. The van der Waals surface area contributed by atoms with Crippen LogP contribution >= 0.6 is 0 Å². The average molecular weight is 333 g/mol. The molecule has 1 amide bonds. The number of aryl methyl sites for hydroxylation is 1. The Labute approximate surface area is 146 Å². The number of nitrogens with one attached hydrogen (secondary N) is 1. The highest BCUT2D eigenvalue weighted by Gasteiger charge is 2.11. The minimum Gasteiger partial charge on any atom is -0.442 e. The molecule has 0 spiro atoms. The van der Waals surface area contributed by atoms with Gasteiger partial charge in [-0.25, -0.2) is 0 Å². The molecule has 0 bridgehead atoms. The van der Waals surface area contributed by atoms with Gasteiger partial charge < -0.3 is 4.74 Å². The number of carbonyl (C=O) groups is 1. The molecule has 0 saturated carbocycles. The van der Waals surface area contributed by atoms with Crippen LogP contribution in [0.4, 0.5) is 0 Å². The van der Waals surface area contributed by atoms with Crippen molar-refractivity contribution in [2.75, 3.05) is 0 Å². The number of hydrogen-bond donors (Lipinski definition) is 1. The minimum atomic E-state index is -0.275. The number of benzene rings is 1. The zero-order valence-corrected chi connectivity index (χ0v) is 14.2. The molecule has 3 rings (SSSR count). The Balaban J connectivity index is 1.62. The quantitative estimate of drug-likeness (QED) is 0.852. The van der Waals surface area contributed by atoms with E-state index in [1.807, 2.05) is 44.3 Å². The van der Waals surface area contributed by atoms with Crippen LogP contribution in [0.25, 0.3) is 5.57 Å². The van der Waals surface area contributed by atoms with Gasteiger partial charge in [0.15, 0.2) is 5.88 Å². The van der Waals surface area contributed by atoms with Gasteiger partial charge in [-0.2, -0.15) is 0 Å². The second-order valence-corrected chi connectivity index (χ2v) is 5.84. The zero-order valence-electron chi connectivity index (χ0n) is 14.2. The van der Waals surface area contributed by atoms with E-state index in [4.69, 9.17) is 4.74 Å². The van der Waals surface area contributed by atoms with Gasteiger partial charge in [-0.3, -0.25) is 20.1 Å². The average Bonchev–Trinajstić information content (AvgIpc) is 3.02. The topological polar surface area (TPSA) is 63.6 Å². The number of rotatable bonds is 5. The second-order valence-electron chi connectivity index (χ2n) is 5.84. The molecule has 2 heterocycles. The molecule has 5 heteroatoms. The number of ether oxygens (including phenoxy) is 1. The standard InChI is InChI=1S/C20H19N3O2/c1-13-11-21-9-8-19(13)20(24)23-15(3)25-18-6-4-16(5-7-18)17-10-14(2)22-12-17/h4-12,14H,3H2,1-2H3,(H,23,24). The lowest BCUT2D eigenvalue weighted by atomic mass is 10.1. The summed E-state index contributed by atoms with van der Waals surface area (Å²) in [6, 6.07) is 9.45. The summed E-state index contributed by atoms with van der Waals surface area (Å²) in [6.45, 7) is 7.62. The normalized spacial score (nSPS) is 15.6. The van der Waals surface area contributed by atoms with Gasteiger partial charge in [0.05, 0.1) is 6.04 Å². The molecule has 0 aliphatic carbocycles. The Morgan fingerprint density at radius 1 is 1.24 bits per heavy atom. The van der Waals surface area contributed by atoms with Crippen molar-refractivity contribution in [1.29, 1.82) is 0 Å². The molecule has 1 unspecified atom stereocenters. The molecule has 0 radical (unpaired) electrons. The number of amides is 1. The van der Waals surface area contributed by atoms with E-state index in [1.165, 1.54) is 0 Å². The van der Waals surface area contributed by atoms with E-state index in [-0.39, 0.29) is 17.8 Å². The van der Waals surface area contributed by atoms with Crippen LogP contribution < -0.4 is 10.1 Å². The molecule has 1 aliphatic rings. The predicted molar refractivity (Wildman–Crippen MR) is 98.6 cm³/mol. The Kier molecular flexibility index (Phi) is 4.75. The van der Waals surface area contributed by atoms with Crippen LogP contribution in [0.1, 0.15) is 28.4 Å². The largest absolute Gasteiger partial charge is 0.442 e. The number of carbonyl (C=O) groups excluding carboxylic acids is 1. The lowest BCUT2D eigenvalue weighted by molar-refractivity contribution is 0.0949. The number of pyridine rings is 1. The fourth-order valence-corrected chi connectivity index (χ4v) is 2.52. The maximum Gasteiger partial charge on any atom is 0.258 e. The zero-order chi connectivity index (χ0) is 17.8. The summed E-state index contributed by atoms with van der Waals surface area (Å²) < 4.78 is 5.59. The molecule has 1 aliphatic heterocycles. The van der Waals surface area contributed by atoms with E-state index in [0.717, 1.165) is 16.7 Å². The van der Waals surface area contributed by atoms with E-state index < -0.39 is 0 Å². The van der Waals surface area contributed by atoms with Crippen LogP contribution in [0.2, 0.25) is 0 Å². The smallest absolute Gasteiger partial charge is 0.258 e. The van der Waals surface area contributed by atoms with Crippen LogP contribution in [0.3, 0.4) is 0 Å². The molecule has 1 N–H and O–H groups in total. The molecular formula is C20H19N3O2. The summed E-state index contributed by atoms with van der Waals surface area (Å²) in [7, 11) is 0. The highest BCUT2D eigenvalue weighted by molar-refractivity contribution is 6.11. The van der Waals surface area contributed by atoms with Gasteiger partial charge in [-0.15, -0.1) is 0 Å². The van der Waals surface area contributed by atoms with Gasteiger partial charge >= 0.3 is 0 Å². The molecule has 5 nitrogen and oxygen atoms in total. The van der Waals surface area contributed by atoms with Crippen LogP contribution in [-0.4, -0.2) is 23.1 Å². The van der Waals surface area contributed by atoms with Gasteiger partial charge in [0.25, 0.3) is 5.91 Å². The van der Waals surface area contributed by atoms with Crippen molar-refractivity contribution in [3.8, 4) is 5.75 Å². The first-order valence-electron chi connectivity index (χ1n) is 7.97. The summed E-state index contributed by atoms with van der Waals surface area (Å²) in [5.74, 6) is 0.496. The number of hydrogen-bond acceptors (Lipinski definition) is 4. The summed E-state index contributed by atoms with van der Waals surface area (Å²) in [4.78, 5) is 20.5. The van der Waals surface area contributed by atoms with E-state index in [9.17, 15) is 4.79 Å².